The molecule has 6 nitrogen and oxygen atoms in total. The molecule has 1 fully saturated rings. The largest absolute Gasteiger partial charge is 0.366 e. The molecule has 2 aliphatic heterocycles. The summed E-state index contributed by atoms with van der Waals surface area (Å²) in [7, 11) is -3.60. The molecule has 2 atom stereocenters. The van der Waals surface area contributed by atoms with E-state index in [2.05, 4.69) is 15.4 Å². The monoisotopic (exact) mass is 360 g/mol. The van der Waals surface area contributed by atoms with Crippen molar-refractivity contribution in [2.24, 2.45) is 0 Å². The zero-order valence-corrected chi connectivity index (χ0v) is 14.1. The Morgan fingerprint density at radius 2 is 2.09 bits per heavy atom. The molecule has 9 heteroatoms. The van der Waals surface area contributed by atoms with Crippen molar-refractivity contribution in [3.8, 4) is 0 Å². The van der Waals surface area contributed by atoms with Crippen LogP contribution in [-0.2, 0) is 10.0 Å². The second-order valence-corrected chi connectivity index (χ2v) is 8.10. The fourth-order valence-electron chi connectivity index (χ4n) is 2.32. The SMILES string of the molecule is O=S(=O)(N[C@H]1SC=C(NC2CCNC2)N1Cl)c1ccccc1. The van der Waals surface area contributed by atoms with Gasteiger partial charge in [-0.25, -0.2) is 12.8 Å². The van der Waals surface area contributed by atoms with Crippen molar-refractivity contribution in [2.45, 2.75) is 22.9 Å². The van der Waals surface area contributed by atoms with Crippen LogP contribution in [0.15, 0.2) is 46.5 Å². The quantitative estimate of drug-likeness (QED) is 0.685. The molecule has 120 valence electrons. The molecule has 0 aromatic heterocycles. The van der Waals surface area contributed by atoms with Crippen molar-refractivity contribution in [2.75, 3.05) is 13.1 Å². The van der Waals surface area contributed by atoms with Crippen LogP contribution in [0.5, 0.6) is 0 Å². The predicted molar refractivity (Wildman–Crippen MR) is 88.3 cm³/mol. The lowest BCUT2D eigenvalue weighted by Crippen LogP contribution is -2.42. The molecule has 3 N–H and O–H groups in total. The van der Waals surface area contributed by atoms with E-state index in [1.807, 2.05) is 5.41 Å². The van der Waals surface area contributed by atoms with E-state index in [4.69, 9.17) is 11.8 Å². The number of nitrogens with zero attached hydrogens (tertiary/aromatic N) is 1. The number of benzene rings is 1. The van der Waals surface area contributed by atoms with Gasteiger partial charge in [0.2, 0.25) is 10.0 Å². The predicted octanol–water partition coefficient (Wildman–Crippen LogP) is 1.20. The van der Waals surface area contributed by atoms with E-state index in [0.717, 1.165) is 25.3 Å². The first-order valence-electron chi connectivity index (χ1n) is 6.91. The second kappa shape index (κ2) is 6.67. The molecule has 2 aliphatic rings. The molecule has 0 bridgehead atoms. The Morgan fingerprint density at radius 3 is 2.77 bits per heavy atom. The van der Waals surface area contributed by atoms with Crippen LogP contribution in [0.4, 0.5) is 0 Å². The zero-order valence-electron chi connectivity index (χ0n) is 11.7. The van der Waals surface area contributed by atoms with Crippen LogP contribution in [0.3, 0.4) is 0 Å². The summed E-state index contributed by atoms with van der Waals surface area (Å²) in [6.07, 6.45) is 1.02. The lowest BCUT2D eigenvalue weighted by Gasteiger charge is -2.24. The Hall–Kier alpha value is -0.930. The molecule has 0 spiro atoms. The van der Waals surface area contributed by atoms with Gasteiger partial charge in [-0.1, -0.05) is 30.0 Å². The second-order valence-electron chi connectivity index (χ2n) is 5.07. The van der Waals surface area contributed by atoms with E-state index in [1.54, 1.807) is 30.3 Å². The average molecular weight is 361 g/mol. The summed E-state index contributed by atoms with van der Waals surface area (Å²) < 4.78 is 28.6. The number of halogens is 1. The van der Waals surface area contributed by atoms with Crippen LogP contribution in [0.2, 0.25) is 0 Å². The lowest BCUT2D eigenvalue weighted by atomic mass is 10.3. The Morgan fingerprint density at radius 1 is 1.32 bits per heavy atom. The van der Waals surface area contributed by atoms with Gasteiger partial charge in [0, 0.05) is 29.8 Å². The molecule has 22 heavy (non-hydrogen) atoms. The third kappa shape index (κ3) is 3.52. The van der Waals surface area contributed by atoms with Gasteiger partial charge < -0.3 is 10.6 Å². The number of nitrogens with one attached hydrogen (secondary N) is 3. The third-order valence-electron chi connectivity index (χ3n) is 3.47. The zero-order chi connectivity index (χ0) is 15.6. The van der Waals surface area contributed by atoms with E-state index >= 15 is 0 Å². The average Bonchev–Trinajstić information content (AvgIpc) is 3.13. The third-order valence-corrected chi connectivity index (χ3v) is 6.48. The molecule has 1 aromatic rings. The Bertz CT molecular complexity index is 647. The highest BCUT2D eigenvalue weighted by molar-refractivity contribution is 8.03. The summed E-state index contributed by atoms with van der Waals surface area (Å²) in [5.41, 5.74) is -0.566. The first-order valence-corrected chi connectivity index (χ1v) is 9.68. The van der Waals surface area contributed by atoms with E-state index in [9.17, 15) is 8.42 Å². The van der Waals surface area contributed by atoms with E-state index in [1.165, 1.54) is 16.2 Å². The molecule has 0 radical (unpaired) electrons. The first-order chi connectivity index (χ1) is 10.6. The smallest absolute Gasteiger partial charge is 0.243 e. The molecule has 0 saturated carbocycles. The van der Waals surface area contributed by atoms with Gasteiger partial charge in [-0.05, 0) is 25.1 Å². The summed E-state index contributed by atoms with van der Waals surface area (Å²) in [5.74, 6) is 0.723. The highest BCUT2D eigenvalue weighted by Crippen LogP contribution is 2.31. The molecule has 1 unspecified atom stereocenters. The standard InChI is InChI=1S/C13H17ClN4O2S2/c14-18-12(16-10-6-7-15-8-10)9-21-13(18)17-22(19,20)11-4-2-1-3-5-11/h1-5,9-10,13,15-17H,6-8H2/t10?,13-/m1/s1. The molecular formula is C13H17ClN4O2S2. The number of thioether (sulfide) groups is 1. The minimum atomic E-state index is -3.60. The maximum atomic E-state index is 12.3. The topological polar surface area (TPSA) is 73.5 Å². The molecular weight excluding hydrogens is 344 g/mol. The summed E-state index contributed by atoms with van der Waals surface area (Å²) >= 11 is 7.57. The minimum Gasteiger partial charge on any atom is -0.366 e. The van der Waals surface area contributed by atoms with Crippen LogP contribution < -0.4 is 15.4 Å². The van der Waals surface area contributed by atoms with Crippen molar-refractivity contribution < 1.29 is 8.42 Å². The summed E-state index contributed by atoms with van der Waals surface area (Å²) in [6, 6.07) is 8.57. The Balaban J connectivity index is 1.63. The van der Waals surface area contributed by atoms with Crippen LogP contribution >= 0.6 is 23.5 Å². The van der Waals surface area contributed by atoms with Gasteiger partial charge in [-0.15, -0.1) is 0 Å². The van der Waals surface area contributed by atoms with Crippen molar-refractivity contribution in [1.82, 2.24) is 19.8 Å². The van der Waals surface area contributed by atoms with Crippen molar-refractivity contribution in [1.29, 1.82) is 0 Å². The molecule has 1 saturated heterocycles. The summed E-state index contributed by atoms with van der Waals surface area (Å²) in [5, 5.41) is 8.42. The van der Waals surface area contributed by atoms with Gasteiger partial charge in [0.05, 0.1) is 4.90 Å². The molecule has 0 aliphatic carbocycles. The molecule has 0 amide bonds. The van der Waals surface area contributed by atoms with E-state index in [-0.39, 0.29) is 4.90 Å². The van der Waals surface area contributed by atoms with Crippen LogP contribution in [0, 0.1) is 0 Å². The van der Waals surface area contributed by atoms with Gasteiger partial charge >= 0.3 is 0 Å². The van der Waals surface area contributed by atoms with Crippen LogP contribution in [-0.4, -0.2) is 37.5 Å². The summed E-state index contributed by atoms with van der Waals surface area (Å²) in [4.78, 5) is 0.224. The normalized spacial score (nSPS) is 25.3. The fraction of sp³-hybridized carbons (Fsp3) is 0.385. The van der Waals surface area contributed by atoms with Gasteiger partial charge in [0.1, 0.15) is 5.82 Å². The van der Waals surface area contributed by atoms with E-state index in [0.29, 0.717) is 6.04 Å². The van der Waals surface area contributed by atoms with Crippen molar-refractivity contribution >= 4 is 33.6 Å². The molecule has 1 aromatic carbocycles. The number of hydrogen-bond acceptors (Lipinski definition) is 6. The highest BCUT2D eigenvalue weighted by atomic mass is 35.5. The number of hydrogen-bond donors (Lipinski definition) is 3. The highest BCUT2D eigenvalue weighted by Gasteiger charge is 2.31. The fourth-order valence-corrected chi connectivity index (χ4v) is 5.00. The maximum Gasteiger partial charge on any atom is 0.243 e. The van der Waals surface area contributed by atoms with Crippen LogP contribution in [0.1, 0.15) is 6.42 Å². The van der Waals surface area contributed by atoms with Gasteiger partial charge in [-0.2, -0.15) is 4.72 Å². The Labute approximate surface area is 139 Å². The number of rotatable bonds is 5. The lowest BCUT2D eigenvalue weighted by molar-refractivity contribution is 0.439. The minimum absolute atomic E-state index is 0.224. The van der Waals surface area contributed by atoms with Gasteiger partial charge in [-0.3, -0.25) is 0 Å². The summed E-state index contributed by atoms with van der Waals surface area (Å²) in [6.45, 7) is 1.86. The van der Waals surface area contributed by atoms with Crippen molar-refractivity contribution in [3.63, 3.8) is 0 Å². The maximum absolute atomic E-state index is 12.3. The molecule has 2 heterocycles. The number of sulfonamides is 1. The van der Waals surface area contributed by atoms with Gasteiger partial charge in [0.15, 0.2) is 5.50 Å². The van der Waals surface area contributed by atoms with Crippen LogP contribution in [0.25, 0.3) is 0 Å². The van der Waals surface area contributed by atoms with Crippen molar-refractivity contribution in [3.05, 3.63) is 41.6 Å². The Kier molecular flexibility index (Phi) is 4.84. The first kappa shape index (κ1) is 15.9. The van der Waals surface area contributed by atoms with Gasteiger partial charge in [0.25, 0.3) is 0 Å². The van der Waals surface area contributed by atoms with E-state index < -0.39 is 15.5 Å². The molecule has 3 rings (SSSR count).